The maximum Gasteiger partial charge on any atom is 0.229 e. The first-order valence-corrected chi connectivity index (χ1v) is 7.42. The van der Waals surface area contributed by atoms with Crippen LogP contribution in [0.5, 0.6) is 5.75 Å². The highest BCUT2D eigenvalue weighted by Crippen LogP contribution is 2.30. The highest BCUT2D eigenvalue weighted by atomic mass is 79.9. The van der Waals surface area contributed by atoms with Crippen LogP contribution < -0.4 is 9.46 Å². The normalized spacial score (nSPS) is 15.9. The van der Waals surface area contributed by atoms with Gasteiger partial charge >= 0.3 is 0 Å². The van der Waals surface area contributed by atoms with E-state index in [0.29, 0.717) is 16.0 Å². The molecule has 0 atom stereocenters. The molecule has 1 fully saturated rings. The maximum absolute atomic E-state index is 11.1. The van der Waals surface area contributed by atoms with Crippen LogP contribution in [-0.2, 0) is 10.0 Å². The Kier molecular flexibility index (Phi) is 3.07. The summed E-state index contributed by atoms with van der Waals surface area (Å²) in [5.74, 6) is 0.580. The van der Waals surface area contributed by atoms with Crippen molar-refractivity contribution in [2.24, 2.45) is 0 Å². The summed E-state index contributed by atoms with van der Waals surface area (Å²) in [5.41, 5.74) is 0.389. The standard InChI is InChI=1S/C9H11BrN2O3S/c1-16(13,14)12-8-4-7(5-11-9(8)10)15-6-2-3-6/h4-6,12H,2-3H2,1H3. The molecule has 1 aliphatic rings. The van der Waals surface area contributed by atoms with Crippen LogP contribution in [0, 0.1) is 0 Å². The predicted octanol–water partition coefficient (Wildman–Crippen LogP) is 1.76. The fraction of sp³-hybridized carbons (Fsp3) is 0.444. The van der Waals surface area contributed by atoms with Crippen molar-refractivity contribution in [3.8, 4) is 5.75 Å². The quantitative estimate of drug-likeness (QED) is 0.861. The predicted molar refractivity (Wildman–Crippen MR) is 64.1 cm³/mol. The van der Waals surface area contributed by atoms with E-state index >= 15 is 0 Å². The Balaban J connectivity index is 2.21. The lowest BCUT2D eigenvalue weighted by molar-refractivity contribution is 0.302. The maximum atomic E-state index is 11.1. The molecule has 0 aromatic carbocycles. The molecule has 0 aliphatic heterocycles. The minimum absolute atomic E-state index is 0.258. The molecule has 1 N–H and O–H groups in total. The lowest BCUT2D eigenvalue weighted by Crippen LogP contribution is -2.10. The number of nitrogens with zero attached hydrogens (tertiary/aromatic N) is 1. The molecule has 0 bridgehead atoms. The number of ether oxygens (including phenoxy) is 1. The third-order valence-electron chi connectivity index (χ3n) is 1.94. The highest BCUT2D eigenvalue weighted by Gasteiger charge is 2.24. The molecule has 0 radical (unpaired) electrons. The van der Waals surface area contributed by atoms with Gasteiger partial charge in [-0.25, -0.2) is 13.4 Å². The SMILES string of the molecule is CS(=O)(=O)Nc1cc(OC2CC2)cnc1Br. The van der Waals surface area contributed by atoms with Crippen molar-refractivity contribution in [3.05, 3.63) is 16.9 Å². The minimum Gasteiger partial charge on any atom is -0.489 e. The molecule has 88 valence electrons. The fourth-order valence-corrected chi connectivity index (χ4v) is 2.15. The van der Waals surface area contributed by atoms with Gasteiger partial charge in [-0.05, 0) is 28.8 Å². The van der Waals surface area contributed by atoms with Gasteiger partial charge in [0.2, 0.25) is 10.0 Å². The molecule has 2 rings (SSSR count). The average molecular weight is 307 g/mol. The molecule has 0 unspecified atom stereocenters. The fourth-order valence-electron chi connectivity index (χ4n) is 1.14. The van der Waals surface area contributed by atoms with E-state index < -0.39 is 10.0 Å². The molecular formula is C9H11BrN2O3S. The van der Waals surface area contributed by atoms with E-state index in [0.717, 1.165) is 19.1 Å². The first-order chi connectivity index (χ1) is 7.44. The van der Waals surface area contributed by atoms with E-state index in [1.165, 1.54) is 0 Å². The number of pyridine rings is 1. The van der Waals surface area contributed by atoms with E-state index in [2.05, 4.69) is 25.6 Å². The van der Waals surface area contributed by atoms with Crippen LogP contribution in [0.15, 0.2) is 16.9 Å². The number of rotatable bonds is 4. The van der Waals surface area contributed by atoms with Crippen LogP contribution in [0.25, 0.3) is 0 Å². The Morgan fingerprint density at radius 1 is 1.56 bits per heavy atom. The Bertz CT molecular complexity index is 499. The number of halogens is 1. The van der Waals surface area contributed by atoms with Gasteiger partial charge in [-0.15, -0.1) is 0 Å². The monoisotopic (exact) mass is 306 g/mol. The van der Waals surface area contributed by atoms with E-state index in [1.807, 2.05) is 0 Å². The lowest BCUT2D eigenvalue weighted by Gasteiger charge is -2.09. The highest BCUT2D eigenvalue weighted by molar-refractivity contribution is 9.10. The molecule has 5 nitrogen and oxygen atoms in total. The Labute approximate surface area is 102 Å². The Morgan fingerprint density at radius 3 is 2.81 bits per heavy atom. The van der Waals surface area contributed by atoms with E-state index in [-0.39, 0.29) is 6.10 Å². The van der Waals surface area contributed by atoms with Crippen molar-refractivity contribution in [1.82, 2.24) is 4.98 Å². The topological polar surface area (TPSA) is 68.3 Å². The van der Waals surface area contributed by atoms with Crippen LogP contribution in [0.2, 0.25) is 0 Å². The van der Waals surface area contributed by atoms with E-state index in [1.54, 1.807) is 12.3 Å². The molecule has 16 heavy (non-hydrogen) atoms. The van der Waals surface area contributed by atoms with Crippen molar-refractivity contribution in [2.45, 2.75) is 18.9 Å². The first-order valence-electron chi connectivity index (χ1n) is 4.74. The van der Waals surface area contributed by atoms with Gasteiger partial charge in [0.25, 0.3) is 0 Å². The van der Waals surface area contributed by atoms with Crippen LogP contribution in [0.4, 0.5) is 5.69 Å². The van der Waals surface area contributed by atoms with Crippen molar-refractivity contribution < 1.29 is 13.2 Å². The second kappa shape index (κ2) is 4.21. The van der Waals surface area contributed by atoms with Crippen LogP contribution in [0.1, 0.15) is 12.8 Å². The molecule has 1 heterocycles. The van der Waals surface area contributed by atoms with Gasteiger partial charge in [0.05, 0.1) is 24.2 Å². The second-order valence-corrected chi connectivity index (χ2v) is 6.20. The van der Waals surface area contributed by atoms with E-state index in [9.17, 15) is 8.42 Å². The first kappa shape index (κ1) is 11.7. The van der Waals surface area contributed by atoms with Crippen molar-refractivity contribution in [2.75, 3.05) is 11.0 Å². The van der Waals surface area contributed by atoms with Gasteiger partial charge in [-0.3, -0.25) is 4.72 Å². The molecule has 0 amide bonds. The zero-order valence-corrected chi connectivity index (χ0v) is 11.0. The molecule has 0 saturated heterocycles. The van der Waals surface area contributed by atoms with Crippen LogP contribution >= 0.6 is 15.9 Å². The van der Waals surface area contributed by atoms with Gasteiger partial charge in [-0.2, -0.15) is 0 Å². The largest absolute Gasteiger partial charge is 0.489 e. The molecule has 7 heteroatoms. The lowest BCUT2D eigenvalue weighted by atomic mass is 10.4. The molecule has 0 spiro atoms. The summed E-state index contributed by atoms with van der Waals surface area (Å²) in [6, 6.07) is 1.62. The molecule has 1 aromatic heterocycles. The number of nitrogens with one attached hydrogen (secondary N) is 1. The Morgan fingerprint density at radius 2 is 2.25 bits per heavy atom. The van der Waals surface area contributed by atoms with Crippen LogP contribution in [0.3, 0.4) is 0 Å². The van der Waals surface area contributed by atoms with E-state index in [4.69, 9.17) is 4.74 Å². The number of aromatic nitrogens is 1. The molecular weight excluding hydrogens is 296 g/mol. The summed E-state index contributed by atoms with van der Waals surface area (Å²) >= 11 is 3.17. The number of hydrogen-bond donors (Lipinski definition) is 1. The molecule has 1 aromatic rings. The summed E-state index contributed by atoms with van der Waals surface area (Å²) < 4.78 is 30.5. The summed E-state index contributed by atoms with van der Waals surface area (Å²) in [7, 11) is -3.30. The zero-order chi connectivity index (χ0) is 11.8. The van der Waals surface area contributed by atoms with Gasteiger partial charge in [0.15, 0.2) is 0 Å². The summed E-state index contributed by atoms with van der Waals surface area (Å²) in [6.45, 7) is 0. The summed E-state index contributed by atoms with van der Waals surface area (Å²) in [4.78, 5) is 4.01. The van der Waals surface area contributed by atoms with Gasteiger partial charge in [0, 0.05) is 6.07 Å². The third-order valence-corrected chi connectivity index (χ3v) is 3.16. The molecule has 1 saturated carbocycles. The van der Waals surface area contributed by atoms with Gasteiger partial charge in [0.1, 0.15) is 10.4 Å². The molecule has 1 aliphatic carbocycles. The number of sulfonamides is 1. The second-order valence-electron chi connectivity index (χ2n) is 3.70. The Hall–Kier alpha value is -0.820. The van der Waals surface area contributed by atoms with Gasteiger partial charge < -0.3 is 4.74 Å². The van der Waals surface area contributed by atoms with Crippen LogP contribution in [-0.4, -0.2) is 25.8 Å². The smallest absolute Gasteiger partial charge is 0.229 e. The summed E-state index contributed by atoms with van der Waals surface area (Å²) in [5, 5.41) is 0. The zero-order valence-electron chi connectivity index (χ0n) is 8.60. The van der Waals surface area contributed by atoms with Gasteiger partial charge in [-0.1, -0.05) is 0 Å². The number of anilines is 1. The number of hydrogen-bond acceptors (Lipinski definition) is 4. The third kappa shape index (κ3) is 3.34. The average Bonchev–Trinajstić information content (AvgIpc) is 2.92. The van der Waals surface area contributed by atoms with Crippen molar-refractivity contribution >= 4 is 31.6 Å². The van der Waals surface area contributed by atoms with Crippen molar-refractivity contribution in [1.29, 1.82) is 0 Å². The summed E-state index contributed by atoms with van der Waals surface area (Å²) in [6.07, 6.45) is 5.01. The van der Waals surface area contributed by atoms with Crippen molar-refractivity contribution in [3.63, 3.8) is 0 Å². The minimum atomic E-state index is -3.30.